The largest absolute Gasteiger partial charge is 0.464 e. The highest BCUT2D eigenvalue weighted by Gasteiger charge is 2.40. The molecule has 1 saturated heterocycles. The summed E-state index contributed by atoms with van der Waals surface area (Å²) < 4.78 is 15.8. The highest BCUT2D eigenvalue weighted by atomic mass is 16.6. The molecule has 19 heavy (non-hydrogen) atoms. The molecular formula is C15H20O4. The van der Waals surface area contributed by atoms with Gasteiger partial charge in [0.1, 0.15) is 18.8 Å². The summed E-state index contributed by atoms with van der Waals surface area (Å²) in [6, 6.07) is 10.0. The Morgan fingerprint density at radius 1 is 1.32 bits per heavy atom. The number of rotatable bonds is 8. The van der Waals surface area contributed by atoms with E-state index in [9.17, 15) is 4.79 Å². The Morgan fingerprint density at radius 2 is 2.11 bits per heavy atom. The monoisotopic (exact) mass is 264 g/mol. The van der Waals surface area contributed by atoms with Gasteiger partial charge >= 0.3 is 5.97 Å². The average molecular weight is 264 g/mol. The van der Waals surface area contributed by atoms with Crippen LogP contribution in [0.4, 0.5) is 0 Å². The molecule has 0 aromatic heterocycles. The van der Waals surface area contributed by atoms with E-state index in [0.29, 0.717) is 13.2 Å². The summed E-state index contributed by atoms with van der Waals surface area (Å²) in [6.07, 6.45) is 2.08. The van der Waals surface area contributed by atoms with Crippen LogP contribution in [0.25, 0.3) is 0 Å². The number of benzene rings is 1. The predicted octanol–water partition coefficient (Wildman–Crippen LogP) is 2.49. The van der Waals surface area contributed by atoms with Gasteiger partial charge in [0.15, 0.2) is 0 Å². The van der Waals surface area contributed by atoms with Crippen molar-refractivity contribution >= 4 is 5.97 Å². The van der Waals surface area contributed by atoms with Crippen molar-refractivity contribution < 1.29 is 19.0 Å². The van der Waals surface area contributed by atoms with Crippen LogP contribution >= 0.6 is 0 Å². The van der Waals surface area contributed by atoms with Crippen LogP contribution in [-0.2, 0) is 19.0 Å². The molecule has 0 amide bonds. The van der Waals surface area contributed by atoms with Crippen LogP contribution in [-0.4, -0.2) is 31.9 Å². The second-order valence-electron chi connectivity index (χ2n) is 4.59. The Balaban J connectivity index is 1.57. The zero-order chi connectivity index (χ0) is 13.5. The minimum Gasteiger partial charge on any atom is -0.464 e. The van der Waals surface area contributed by atoms with Crippen molar-refractivity contribution in [1.82, 2.24) is 0 Å². The first-order valence-electron chi connectivity index (χ1n) is 6.75. The van der Waals surface area contributed by atoms with E-state index >= 15 is 0 Å². The lowest BCUT2D eigenvalue weighted by Gasteiger charge is -2.04. The normalized spacial score (nSPS) is 21.1. The van der Waals surface area contributed by atoms with Crippen LogP contribution in [0.1, 0.15) is 31.4 Å². The van der Waals surface area contributed by atoms with Gasteiger partial charge in [0.2, 0.25) is 0 Å². The summed E-state index contributed by atoms with van der Waals surface area (Å²) in [5, 5.41) is 0. The van der Waals surface area contributed by atoms with E-state index in [1.807, 2.05) is 30.3 Å². The van der Waals surface area contributed by atoms with Crippen molar-refractivity contribution in [2.45, 2.75) is 32.0 Å². The Hall–Kier alpha value is -1.39. The number of ether oxygens (including phenoxy) is 3. The predicted molar refractivity (Wildman–Crippen MR) is 70.7 cm³/mol. The third-order valence-electron chi connectivity index (χ3n) is 2.97. The Morgan fingerprint density at radius 3 is 2.84 bits per heavy atom. The van der Waals surface area contributed by atoms with E-state index in [4.69, 9.17) is 14.2 Å². The average Bonchev–Trinajstić information content (AvgIpc) is 3.20. The van der Waals surface area contributed by atoms with Gasteiger partial charge in [-0.1, -0.05) is 43.7 Å². The number of carbonyl (C=O) groups excluding carboxylic acids is 1. The van der Waals surface area contributed by atoms with Gasteiger partial charge in [0, 0.05) is 0 Å². The zero-order valence-electron chi connectivity index (χ0n) is 11.2. The van der Waals surface area contributed by atoms with Crippen molar-refractivity contribution in [2.75, 3.05) is 19.8 Å². The molecule has 2 rings (SSSR count). The minimum atomic E-state index is -0.301. The van der Waals surface area contributed by atoms with Crippen molar-refractivity contribution in [2.24, 2.45) is 0 Å². The number of unbranched alkanes of at least 4 members (excludes halogenated alkanes) is 1. The van der Waals surface area contributed by atoms with Crippen molar-refractivity contribution in [3.05, 3.63) is 35.9 Å². The molecule has 1 unspecified atom stereocenters. The molecule has 1 aromatic rings. The molecule has 4 nitrogen and oxygen atoms in total. The van der Waals surface area contributed by atoms with Gasteiger partial charge in [0.05, 0.1) is 13.2 Å². The Kier molecular flexibility index (Phi) is 5.36. The molecule has 0 aliphatic carbocycles. The quantitative estimate of drug-likeness (QED) is 0.411. The molecule has 1 aromatic carbocycles. The second kappa shape index (κ2) is 7.26. The Labute approximate surface area is 113 Å². The van der Waals surface area contributed by atoms with Gasteiger partial charge in [-0.05, 0) is 12.0 Å². The van der Waals surface area contributed by atoms with Crippen LogP contribution in [0.3, 0.4) is 0 Å². The SMILES string of the molecule is CCCCOC(=O)COC[C@@H]1OC1c1ccccc1. The third-order valence-corrected chi connectivity index (χ3v) is 2.97. The van der Waals surface area contributed by atoms with Crippen molar-refractivity contribution in [3.8, 4) is 0 Å². The fraction of sp³-hybridized carbons (Fsp3) is 0.533. The van der Waals surface area contributed by atoms with Crippen LogP contribution in [0, 0.1) is 0 Å². The molecule has 1 fully saturated rings. The molecule has 0 spiro atoms. The van der Waals surface area contributed by atoms with Gasteiger partial charge in [-0.2, -0.15) is 0 Å². The molecular weight excluding hydrogens is 244 g/mol. The third kappa shape index (κ3) is 4.65. The van der Waals surface area contributed by atoms with Gasteiger partial charge < -0.3 is 14.2 Å². The molecule has 2 atom stereocenters. The first kappa shape index (κ1) is 14.0. The van der Waals surface area contributed by atoms with Gasteiger partial charge in [-0.3, -0.25) is 0 Å². The van der Waals surface area contributed by atoms with Crippen LogP contribution in [0.15, 0.2) is 30.3 Å². The highest BCUT2D eigenvalue weighted by Crippen LogP contribution is 2.38. The fourth-order valence-electron chi connectivity index (χ4n) is 1.84. The summed E-state index contributed by atoms with van der Waals surface area (Å²) >= 11 is 0. The van der Waals surface area contributed by atoms with Crippen LogP contribution in [0.2, 0.25) is 0 Å². The zero-order valence-corrected chi connectivity index (χ0v) is 11.2. The van der Waals surface area contributed by atoms with Crippen LogP contribution < -0.4 is 0 Å². The van der Waals surface area contributed by atoms with E-state index in [1.54, 1.807) is 0 Å². The molecule has 1 heterocycles. The molecule has 1 aliphatic heterocycles. The molecule has 0 saturated carbocycles. The van der Waals surface area contributed by atoms with Gasteiger partial charge in [-0.25, -0.2) is 4.79 Å². The molecule has 0 radical (unpaired) electrons. The maximum absolute atomic E-state index is 11.3. The molecule has 0 N–H and O–H groups in total. The maximum atomic E-state index is 11.3. The molecule has 104 valence electrons. The van der Waals surface area contributed by atoms with E-state index in [1.165, 1.54) is 0 Å². The number of carbonyl (C=O) groups is 1. The first-order chi connectivity index (χ1) is 9.31. The molecule has 0 bridgehead atoms. The second-order valence-corrected chi connectivity index (χ2v) is 4.59. The Bertz CT molecular complexity index is 390. The van der Waals surface area contributed by atoms with E-state index in [-0.39, 0.29) is 24.8 Å². The smallest absolute Gasteiger partial charge is 0.332 e. The lowest BCUT2D eigenvalue weighted by Crippen LogP contribution is -2.15. The lowest BCUT2D eigenvalue weighted by atomic mass is 10.1. The summed E-state index contributed by atoms with van der Waals surface area (Å²) in [5.41, 5.74) is 1.15. The topological polar surface area (TPSA) is 48.1 Å². The summed E-state index contributed by atoms with van der Waals surface area (Å²) in [6.45, 7) is 2.97. The van der Waals surface area contributed by atoms with Crippen molar-refractivity contribution in [3.63, 3.8) is 0 Å². The van der Waals surface area contributed by atoms with Crippen LogP contribution in [0.5, 0.6) is 0 Å². The minimum absolute atomic E-state index is 0.00504. The van der Waals surface area contributed by atoms with E-state index < -0.39 is 0 Å². The molecule has 1 aliphatic rings. The maximum Gasteiger partial charge on any atom is 0.332 e. The summed E-state index contributed by atoms with van der Waals surface area (Å²) in [4.78, 5) is 11.3. The van der Waals surface area contributed by atoms with Crippen molar-refractivity contribution in [1.29, 1.82) is 0 Å². The molecule has 4 heteroatoms. The first-order valence-corrected chi connectivity index (χ1v) is 6.75. The summed E-state index contributed by atoms with van der Waals surface area (Å²) in [7, 11) is 0. The number of esters is 1. The van der Waals surface area contributed by atoms with Gasteiger partial charge in [-0.15, -0.1) is 0 Å². The lowest BCUT2D eigenvalue weighted by molar-refractivity contribution is -0.149. The highest BCUT2D eigenvalue weighted by molar-refractivity contribution is 5.70. The standard InChI is InChI=1S/C15H20O4/c1-2-3-9-18-14(16)11-17-10-13-15(19-13)12-7-5-4-6-8-12/h4-8,13,15H,2-3,9-11H2,1H3/t13-,15?/m0/s1. The fourth-order valence-corrected chi connectivity index (χ4v) is 1.84. The number of hydrogen-bond donors (Lipinski definition) is 0. The summed E-state index contributed by atoms with van der Waals surface area (Å²) in [5.74, 6) is -0.301. The van der Waals surface area contributed by atoms with Gasteiger partial charge in [0.25, 0.3) is 0 Å². The van der Waals surface area contributed by atoms with E-state index in [0.717, 1.165) is 18.4 Å². The van der Waals surface area contributed by atoms with E-state index in [2.05, 4.69) is 6.92 Å². The number of epoxide rings is 1. The number of hydrogen-bond acceptors (Lipinski definition) is 4.